The van der Waals surface area contributed by atoms with E-state index in [2.05, 4.69) is 15.9 Å². The number of hydrogen-bond acceptors (Lipinski definition) is 6. The maximum absolute atomic E-state index is 11.0. The van der Waals surface area contributed by atoms with E-state index < -0.39 is 5.97 Å². The second-order valence-electron chi connectivity index (χ2n) is 4.51. The number of carboxylic acids is 1. The zero-order chi connectivity index (χ0) is 14.5. The van der Waals surface area contributed by atoms with Crippen LogP contribution in [0.1, 0.15) is 5.82 Å². The quantitative estimate of drug-likeness (QED) is 0.597. The molecule has 0 unspecified atom stereocenters. The van der Waals surface area contributed by atoms with Crippen molar-refractivity contribution in [2.45, 2.75) is 12.6 Å². The van der Waals surface area contributed by atoms with Gasteiger partial charge in [0.1, 0.15) is 11.4 Å². The predicted molar refractivity (Wildman–Crippen MR) is 75.0 cm³/mol. The number of nitrogens with zero attached hydrogens (tertiary/aromatic N) is 4. The highest BCUT2D eigenvalue weighted by molar-refractivity contribution is 6.67. The van der Waals surface area contributed by atoms with Crippen molar-refractivity contribution in [2.75, 3.05) is 18.0 Å². The Labute approximate surface area is 116 Å². The third kappa shape index (κ3) is 2.88. The maximum Gasteiger partial charge on any atom is 0.341 e. The molecule has 20 heavy (non-hydrogen) atoms. The Morgan fingerprint density at radius 3 is 2.80 bits per heavy atom. The first-order chi connectivity index (χ1) is 9.65. The molecule has 0 spiro atoms. The molecule has 1 aliphatic heterocycles. The van der Waals surface area contributed by atoms with Gasteiger partial charge in [-0.05, 0) is 18.7 Å². The van der Waals surface area contributed by atoms with Gasteiger partial charge in [0.05, 0.1) is 0 Å². The molecule has 2 heterocycles. The number of aromatic nitrogens is 2. The summed E-state index contributed by atoms with van der Waals surface area (Å²) in [6.07, 6.45) is 4.08. The Hall–Kier alpha value is -2.56. The van der Waals surface area contributed by atoms with Gasteiger partial charge < -0.3 is 15.7 Å². The lowest BCUT2D eigenvalue weighted by Crippen LogP contribution is -2.37. The van der Waals surface area contributed by atoms with Crippen LogP contribution in [0, 0.1) is 11.2 Å². The molecular formula is C12H14BN5O2. The van der Waals surface area contributed by atoms with Gasteiger partial charge in [0, 0.05) is 31.5 Å². The highest BCUT2D eigenvalue weighted by Gasteiger charge is 2.24. The zero-order valence-corrected chi connectivity index (χ0v) is 10.9. The van der Waals surface area contributed by atoms with Crippen LogP contribution in [0.4, 0.5) is 5.82 Å². The van der Waals surface area contributed by atoms with Crippen molar-refractivity contribution < 1.29 is 9.90 Å². The van der Waals surface area contributed by atoms with E-state index >= 15 is 0 Å². The average molecular weight is 271 g/mol. The van der Waals surface area contributed by atoms with Crippen molar-refractivity contribution in [3.63, 3.8) is 0 Å². The minimum absolute atomic E-state index is 0.0890. The van der Waals surface area contributed by atoms with Crippen LogP contribution in [0.3, 0.4) is 0 Å². The fourth-order valence-corrected chi connectivity index (χ4v) is 2.13. The van der Waals surface area contributed by atoms with Crippen molar-refractivity contribution in [1.29, 1.82) is 5.26 Å². The Balaban J connectivity index is 2.19. The summed E-state index contributed by atoms with van der Waals surface area (Å²) in [5, 5.41) is 17.9. The summed E-state index contributed by atoms with van der Waals surface area (Å²) in [7, 11) is 0. The topological polar surface area (TPSA) is 116 Å². The molecule has 0 amide bonds. The third-order valence-corrected chi connectivity index (χ3v) is 3.28. The Morgan fingerprint density at radius 1 is 1.55 bits per heavy atom. The summed E-state index contributed by atoms with van der Waals surface area (Å²) < 4.78 is 0. The molecule has 0 aromatic carbocycles. The van der Waals surface area contributed by atoms with Crippen LogP contribution < -0.4 is 10.6 Å². The molecule has 1 aromatic heterocycles. The molecule has 102 valence electrons. The van der Waals surface area contributed by atoms with Crippen LogP contribution in [0.5, 0.6) is 0 Å². The smallest absolute Gasteiger partial charge is 0.341 e. The average Bonchev–Trinajstić information content (AvgIpc) is 2.48. The highest BCUT2D eigenvalue weighted by atomic mass is 16.4. The van der Waals surface area contributed by atoms with Crippen LogP contribution in [0.2, 0.25) is 12.6 Å². The number of nitrogens with two attached hydrogens (primary N) is 1. The summed E-state index contributed by atoms with van der Waals surface area (Å²) in [6, 6.07) is 1.73. The second-order valence-corrected chi connectivity index (χ2v) is 4.51. The van der Waals surface area contributed by atoms with Gasteiger partial charge in [-0.3, -0.25) is 0 Å². The summed E-state index contributed by atoms with van der Waals surface area (Å²) in [6.45, 7) is 1.54. The predicted octanol–water partition coefficient (Wildman–Crippen LogP) is 0.238. The summed E-state index contributed by atoms with van der Waals surface area (Å²) >= 11 is 0. The minimum atomic E-state index is -1.16. The van der Waals surface area contributed by atoms with Gasteiger partial charge in [0.15, 0.2) is 5.82 Å². The van der Waals surface area contributed by atoms with Crippen molar-refractivity contribution >= 4 is 24.1 Å². The Bertz CT molecular complexity index is 575. The number of carboxylic acid groups (broad SMARTS) is 1. The van der Waals surface area contributed by atoms with Crippen LogP contribution in [-0.4, -0.2) is 40.8 Å². The van der Waals surface area contributed by atoms with Crippen LogP contribution in [0.15, 0.2) is 18.5 Å². The van der Waals surface area contributed by atoms with Gasteiger partial charge in [-0.2, -0.15) is 0 Å². The number of rotatable bonds is 3. The van der Waals surface area contributed by atoms with Gasteiger partial charge in [0.2, 0.25) is 0 Å². The molecule has 0 aliphatic carbocycles. The summed E-state index contributed by atoms with van der Waals surface area (Å²) in [5.41, 5.74) is 5.17. The lowest BCUT2D eigenvalue weighted by atomic mass is 9.45. The number of aliphatic carboxylic acids is 1. The van der Waals surface area contributed by atoms with Crippen molar-refractivity contribution in [1.82, 2.24) is 9.97 Å². The lowest BCUT2D eigenvalue weighted by molar-refractivity contribution is -0.130. The highest BCUT2D eigenvalue weighted by Crippen LogP contribution is 2.19. The van der Waals surface area contributed by atoms with Gasteiger partial charge in [-0.1, -0.05) is 0 Å². The second kappa shape index (κ2) is 6.06. The molecule has 7 nitrogen and oxygen atoms in total. The van der Waals surface area contributed by atoms with E-state index in [1.807, 2.05) is 4.90 Å². The molecule has 0 bridgehead atoms. The molecule has 8 heteroatoms. The number of anilines is 1. The fourth-order valence-electron chi connectivity index (χ4n) is 2.13. The molecule has 2 rings (SSSR count). The number of nitriles is 1. The molecule has 0 atom stereocenters. The summed E-state index contributed by atoms with van der Waals surface area (Å²) in [5.74, 6) is 1.86. The molecular weight excluding hydrogens is 257 g/mol. The number of carbonyl (C=O) groups is 1. The van der Waals surface area contributed by atoms with E-state index in [1.54, 1.807) is 6.07 Å². The molecule has 0 saturated carbocycles. The monoisotopic (exact) mass is 271 g/mol. The van der Waals surface area contributed by atoms with E-state index in [0.717, 1.165) is 31.9 Å². The first kappa shape index (κ1) is 13.9. The zero-order valence-electron chi connectivity index (χ0n) is 10.9. The van der Waals surface area contributed by atoms with Crippen molar-refractivity contribution in [3.8, 4) is 5.97 Å². The largest absolute Gasteiger partial charge is 0.477 e. The lowest BCUT2D eigenvalue weighted by Gasteiger charge is -2.28. The molecule has 0 radical (unpaired) electrons. The van der Waals surface area contributed by atoms with Crippen LogP contribution in [-0.2, 0) is 4.79 Å². The van der Waals surface area contributed by atoms with E-state index in [4.69, 9.17) is 16.1 Å². The minimum Gasteiger partial charge on any atom is -0.477 e. The molecule has 1 aliphatic rings. The van der Waals surface area contributed by atoms with Crippen molar-refractivity contribution in [2.24, 2.45) is 5.73 Å². The van der Waals surface area contributed by atoms with Gasteiger partial charge in [-0.25, -0.2) is 20.0 Å². The van der Waals surface area contributed by atoms with E-state index in [9.17, 15) is 4.79 Å². The first-order valence-electron chi connectivity index (χ1n) is 6.29. The molecule has 1 fully saturated rings. The van der Waals surface area contributed by atoms with Crippen LogP contribution >= 0.6 is 0 Å². The Kier molecular flexibility index (Phi) is 4.20. The SMILES string of the molecule is N#CB1CCN(c2ccnc(/C(=C\N)C(=O)O)n2)CC1. The molecule has 1 aromatic rings. The van der Waals surface area contributed by atoms with E-state index in [0.29, 0.717) is 5.82 Å². The van der Waals surface area contributed by atoms with Crippen LogP contribution in [0.25, 0.3) is 5.57 Å². The molecule has 1 saturated heterocycles. The van der Waals surface area contributed by atoms with Gasteiger partial charge in [0.25, 0.3) is 6.71 Å². The van der Waals surface area contributed by atoms with Gasteiger partial charge >= 0.3 is 5.97 Å². The maximum atomic E-state index is 11.0. The normalized spacial score (nSPS) is 15.8. The fraction of sp³-hybridized carbons (Fsp3) is 0.333. The Morgan fingerprint density at radius 2 is 2.25 bits per heavy atom. The summed E-state index contributed by atoms with van der Waals surface area (Å²) in [4.78, 5) is 21.2. The molecule has 3 N–H and O–H groups in total. The van der Waals surface area contributed by atoms with Gasteiger partial charge in [-0.15, -0.1) is 0 Å². The van der Waals surface area contributed by atoms with E-state index in [1.165, 1.54) is 6.20 Å². The third-order valence-electron chi connectivity index (χ3n) is 3.28. The van der Waals surface area contributed by atoms with Crippen molar-refractivity contribution in [3.05, 3.63) is 24.3 Å². The number of hydrogen-bond donors (Lipinski definition) is 2. The standard InChI is InChI=1S/C12H14BN5O2/c14-7-9(12(19)20)11-16-4-1-10(17-11)18-5-2-13(8-15)3-6-18/h1,4,7H,2-3,5-6,14H2,(H,19,20)/b9-7+. The van der Waals surface area contributed by atoms with E-state index in [-0.39, 0.29) is 18.1 Å². The first-order valence-corrected chi connectivity index (χ1v) is 6.29.